The number of aromatic nitrogens is 5. The number of thiophene rings is 1. The molecule has 0 atom stereocenters. The normalized spacial score (nSPS) is 11.9. The maximum atomic E-state index is 15.4. The minimum absolute atomic E-state index is 0.131. The molecule has 7 nitrogen and oxygen atoms in total. The van der Waals surface area contributed by atoms with E-state index in [2.05, 4.69) is 20.3 Å². The number of pyridine rings is 1. The minimum Gasteiger partial charge on any atom is -0.477 e. The standard InChI is InChI=1S/C20H11F2N5O2S/c21-20(22,12-3-4-13-11(10-12)2-1-9-23-13)19-25-24-17-8-5-14(26-27(17)19)15-6-7-16(30-15)18(28)29/h1-10H,(H,28,29). The summed E-state index contributed by atoms with van der Waals surface area (Å²) in [4.78, 5) is 15.9. The van der Waals surface area contributed by atoms with Gasteiger partial charge in [0.05, 0.1) is 10.4 Å². The van der Waals surface area contributed by atoms with Gasteiger partial charge >= 0.3 is 11.9 Å². The quantitative estimate of drug-likeness (QED) is 0.465. The van der Waals surface area contributed by atoms with E-state index in [0.29, 0.717) is 21.5 Å². The van der Waals surface area contributed by atoms with Gasteiger partial charge in [-0.3, -0.25) is 4.98 Å². The lowest BCUT2D eigenvalue weighted by molar-refractivity contribution is 0.0307. The molecule has 0 amide bonds. The predicted octanol–water partition coefficient (Wildman–Crippen LogP) is 4.24. The van der Waals surface area contributed by atoms with Crippen LogP contribution in [-0.4, -0.2) is 35.9 Å². The second kappa shape index (κ2) is 6.63. The first-order chi connectivity index (χ1) is 14.4. The van der Waals surface area contributed by atoms with Crippen LogP contribution in [-0.2, 0) is 5.92 Å². The molecule has 1 aromatic carbocycles. The van der Waals surface area contributed by atoms with Crippen LogP contribution in [0.1, 0.15) is 21.1 Å². The Kier molecular flexibility index (Phi) is 4.03. The minimum atomic E-state index is -3.46. The van der Waals surface area contributed by atoms with Crippen LogP contribution in [0.15, 0.2) is 60.8 Å². The Morgan fingerprint density at radius 1 is 1.07 bits per heavy atom. The summed E-state index contributed by atoms with van der Waals surface area (Å²) >= 11 is 1.01. The number of hydrogen-bond donors (Lipinski definition) is 1. The second-order valence-electron chi connectivity index (χ2n) is 6.47. The maximum Gasteiger partial charge on any atom is 0.345 e. The van der Waals surface area contributed by atoms with E-state index >= 15 is 8.78 Å². The van der Waals surface area contributed by atoms with Crippen molar-refractivity contribution in [2.45, 2.75) is 5.92 Å². The van der Waals surface area contributed by atoms with E-state index in [1.807, 2.05) is 0 Å². The number of benzene rings is 1. The lowest BCUT2D eigenvalue weighted by atomic mass is 10.0. The van der Waals surface area contributed by atoms with Gasteiger partial charge in [-0.1, -0.05) is 12.1 Å². The lowest BCUT2D eigenvalue weighted by Crippen LogP contribution is -2.20. The number of hydrogen-bond acceptors (Lipinski definition) is 6. The highest BCUT2D eigenvalue weighted by Gasteiger charge is 2.40. The first kappa shape index (κ1) is 18.3. The van der Waals surface area contributed by atoms with E-state index in [-0.39, 0.29) is 16.1 Å². The lowest BCUT2D eigenvalue weighted by Gasteiger charge is -2.15. The topological polar surface area (TPSA) is 93.3 Å². The van der Waals surface area contributed by atoms with Gasteiger partial charge in [0.15, 0.2) is 5.65 Å². The molecule has 0 aliphatic heterocycles. The molecule has 0 saturated carbocycles. The van der Waals surface area contributed by atoms with Crippen molar-refractivity contribution in [3.63, 3.8) is 0 Å². The summed E-state index contributed by atoms with van der Waals surface area (Å²) in [5.74, 6) is -5.15. The molecule has 0 fully saturated rings. The highest BCUT2D eigenvalue weighted by molar-refractivity contribution is 7.17. The Morgan fingerprint density at radius 2 is 1.93 bits per heavy atom. The molecular weight excluding hydrogens is 412 g/mol. The summed E-state index contributed by atoms with van der Waals surface area (Å²) in [6.45, 7) is 0. The van der Waals surface area contributed by atoms with Crippen molar-refractivity contribution < 1.29 is 18.7 Å². The second-order valence-corrected chi connectivity index (χ2v) is 7.55. The first-order valence-electron chi connectivity index (χ1n) is 8.73. The Balaban J connectivity index is 1.62. The van der Waals surface area contributed by atoms with Crippen LogP contribution in [0.5, 0.6) is 0 Å². The van der Waals surface area contributed by atoms with Gasteiger partial charge in [0.2, 0.25) is 5.82 Å². The third kappa shape index (κ3) is 2.89. The van der Waals surface area contributed by atoms with E-state index in [1.54, 1.807) is 30.5 Å². The predicted molar refractivity (Wildman–Crippen MR) is 106 cm³/mol. The molecule has 148 valence electrons. The summed E-state index contributed by atoms with van der Waals surface area (Å²) in [7, 11) is 0. The molecule has 5 rings (SSSR count). The van der Waals surface area contributed by atoms with Gasteiger partial charge in [-0.05, 0) is 42.5 Å². The van der Waals surface area contributed by atoms with Crippen LogP contribution in [0.4, 0.5) is 8.78 Å². The van der Waals surface area contributed by atoms with Crippen LogP contribution in [0.25, 0.3) is 27.1 Å². The molecule has 0 spiro atoms. The fourth-order valence-electron chi connectivity index (χ4n) is 3.11. The van der Waals surface area contributed by atoms with Crippen molar-refractivity contribution in [2.75, 3.05) is 0 Å². The zero-order valence-electron chi connectivity index (χ0n) is 15.0. The summed E-state index contributed by atoms with van der Waals surface area (Å²) < 4.78 is 31.7. The molecule has 1 N–H and O–H groups in total. The summed E-state index contributed by atoms with van der Waals surface area (Å²) in [6, 6.07) is 13.7. The summed E-state index contributed by atoms with van der Waals surface area (Å²) in [5, 5.41) is 21.4. The number of halogens is 2. The van der Waals surface area contributed by atoms with Crippen molar-refractivity contribution in [1.29, 1.82) is 0 Å². The number of carbonyl (C=O) groups is 1. The number of aromatic carboxylic acids is 1. The van der Waals surface area contributed by atoms with E-state index < -0.39 is 17.7 Å². The molecular formula is C20H11F2N5O2S. The van der Waals surface area contributed by atoms with Gasteiger partial charge in [-0.25, -0.2) is 4.79 Å². The van der Waals surface area contributed by atoms with Crippen LogP contribution in [0, 0.1) is 0 Å². The fourth-order valence-corrected chi connectivity index (χ4v) is 3.92. The third-order valence-electron chi connectivity index (χ3n) is 4.58. The molecule has 0 radical (unpaired) electrons. The summed E-state index contributed by atoms with van der Waals surface area (Å²) in [5.41, 5.74) is 0.856. The molecule has 30 heavy (non-hydrogen) atoms. The Hall–Kier alpha value is -3.79. The molecule has 0 aliphatic carbocycles. The zero-order chi connectivity index (χ0) is 20.9. The van der Waals surface area contributed by atoms with Crippen LogP contribution >= 0.6 is 11.3 Å². The highest BCUT2D eigenvalue weighted by atomic mass is 32.1. The molecule has 10 heteroatoms. The monoisotopic (exact) mass is 423 g/mol. The first-order valence-corrected chi connectivity index (χ1v) is 9.55. The smallest absolute Gasteiger partial charge is 0.345 e. The number of carboxylic acids is 1. The summed E-state index contributed by atoms with van der Waals surface area (Å²) in [6.07, 6.45) is 1.60. The molecule has 0 saturated heterocycles. The van der Waals surface area contributed by atoms with E-state index in [4.69, 9.17) is 5.11 Å². The number of carboxylic acid groups (broad SMARTS) is 1. The molecule has 4 aromatic heterocycles. The number of alkyl halides is 2. The van der Waals surface area contributed by atoms with Crippen molar-refractivity contribution in [1.82, 2.24) is 24.8 Å². The van der Waals surface area contributed by atoms with Gasteiger partial charge in [-0.15, -0.1) is 21.5 Å². The van der Waals surface area contributed by atoms with Crippen LogP contribution in [0.2, 0.25) is 0 Å². The van der Waals surface area contributed by atoms with Crippen LogP contribution in [0.3, 0.4) is 0 Å². The van der Waals surface area contributed by atoms with E-state index in [1.165, 1.54) is 30.3 Å². The average molecular weight is 423 g/mol. The largest absolute Gasteiger partial charge is 0.477 e. The molecule has 0 bridgehead atoms. The molecule has 0 aliphatic rings. The average Bonchev–Trinajstić information content (AvgIpc) is 3.40. The van der Waals surface area contributed by atoms with Crippen molar-refractivity contribution in [2.24, 2.45) is 0 Å². The van der Waals surface area contributed by atoms with Crippen molar-refractivity contribution in [3.8, 4) is 10.6 Å². The van der Waals surface area contributed by atoms with Crippen molar-refractivity contribution >= 4 is 33.9 Å². The van der Waals surface area contributed by atoms with Crippen molar-refractivity contribution in [3.05, 3.63) is 77.1 Å². The number of rotatable bonds is 4. The Bertz CT molecular complexity index is 1430. The number of fused-ring (bicyclic) bond motifs is 2. The molecule has 5 aromatic rings. The van der Waals surface area contributed by atoms with E-state index in [9.17, 15) is 4.79 Å². The van der Waals surface area contributed by atoms with Gasteiger partial charge in [-0.2, -0.15) is 18.4 Å². The highest BCUT2D eigenvalue weighted by Crippen LogP contribution is 2.36. The molecule has 4 heterocycles. The Labute approximate surface area is 171 Å². The van der Waals surface area contributed by atoms with Gasteiger partial charge in [0.25, 0.3) is 0 Å². The van der Waals surface area contributed by atoms with Gasteiger partial charge in [0, 0.05) is 17.1 Å². The van der Waals surface area contributed by atoms with E-state index in [0.717, 1.165) is 15.9 Å². The zero-order valence-corrected chi connectivity index (χ0v) is 15.8. The van der Waals surface area contributed by atoms with Gasteiger partial charge in [0.1, 0.15) is 10.6 Å². The molecule has 0 unspecified atom stereocenters. The van der Waals surface area contributed by atoms with Gasteiger partial charge < -0.3 is 5.11 Å². The SMILES string of the molecule is O=C(O)c1ccc(-c2ccc3nnc(C(F)(F)c4ccc5ncccc5c4)n3n2)s1. The third-order valence-corrected chi connectivity index (χ3v) is 5.67. The fraction of sp³-hybridized carbons (Fsp3) is 0.0500. The van der Waals surface area contributed by atoms with Crippen LogP contribution < -0.4 is 0 Å². The number of nitrogens with zero attached hydrogens (tertiary/aromatic N) is 5. The maximum absolute atomic E-state index is 15.4. The Morgan fingerprint density at radius 3 is 2.73 bits per heavy atom.